The first-order chi connectivity index (χ1) is 12.6. The van der Waals surface area contributed by atoms with Crippen LogP contribution in [0.15, 0.2) is 30.6 Å². The number of morpholine rings is 1. The number of ether oxygens (including phenoxy) is 1. The highest BCUT2D eigenvalue weighted by Gasteiger charge is 2.22. The van der Waals surface area contributed by atoms with Crippen LogP contribution < -0.4 is 5.73 Å². The molecule has 1 aliphatic rings. The molecule has 9 heteroatoms. The van der Waals surface area contributed by atoms with Gasteiger partial charge >= 0.3 is 0 Å². The summed E-state index contributed by atoms with van der Waals surface area (Å²) in [5, 5.41) is 5.86. The van der Waals surface area contributed by atoms with Crippen LogP contribution in [0.3, 0.4) is 0 Å². The van der Waals surface area contributed by atoms with Crippen LogP contribution in [0.4, 0.5) is 5.82 Å². The van der Waals surface area contributed by atoms with Crippen LogP contribution in [0.25, 0.3) is 22.3 Å². The van der Waals surface area contributed by atoms with Gasteiger partial charge in [-0.2, -0.15) is 5.10 Å². The molecule has 26 heavy (non-hydrogen) atoms. The number of nitrogen functional groups attached to an aromatic ring is 1. The van der Waals surface area contributed by atoms with Crippen LogP contribution in [0, 0.1) is 0 Å². The molecule has 0 radical (unpaired) electrons. The van der Waals surface area contributed by atoms with E-state index < -0.39 is 0 Å². The molecule has 2 aromatic heterocycles. The van der Waals surface area contributed by atoms with Crippen LogP contribution in [0.2, 0.25) is 5.02 Å². The highest BCUT2D eigenvalue weighted by atomic mass is 35.5. The van der Waals surface area contributed by atoms with E-state index in [0.717, 1.165) is 5.56 Å². The molecule has 1 aromatic carbocycles. The lowest BCUT2D eigenvalue weighted by Crippen LogP contribution is -2.42. The summed E-state index contributed by atoms with van der Waals surface area (Å²) in [4.78, 5) is 22.7. The Hall–Kier alpha value is -2.71. The van der Waals surface area contributed by atoms with Crippen molar-refractivity contribution in [2.24, 2.45) is 0 Å². The van der Waals surface area contributed by atoms with Crippen molar-refractivity contribution in [1.29, 1.82) is 0 Å². The second-order valence-corrected chi connectivity index (χ2v) is 6.40. The zero-order valence-corrected chi connectivity index (χ0v) is 14.7. The van der Waals surface area contributed by atoms with Crippen molar-refractivity contribution >= 4 is 34.4 Å². The van der Waals surface area contributed by atoms with Crippen molar-refractivity contribution in [2.45, 2.75) is 6.54 Å². The average molecular weight is 373 g/mol. The maximum Gasteiger partial charge on any atom is 0.244 e. The largest absolute Gasteiger partial charge is 0.383 e. The molecule has 0 saturated carbocycles. The van der Waals surface area contributed by atoms with Gasteiger partial charge in [-0.25, -0.2) is 14.6 Å². The topological polar surface area (TPSA) is 99.2 Å². The lowest BCUT2D eigenvalue weighted by Gasteiger charge is -2.26. The summed E-state index contributed by atoms with van der Waals surface area (Å²) >= 11 is 5.97. The molecule has 134 valence electrons. The number of nitrogens with two attached hydrogens (primary N) is 1. The molecule has 0 spiro atoms. The fourth-order valence-corrected chi connectivity index (χ4v) is 3.12. The van der Waals surface area contributed by atoms with E-state index in [-0.39, 0.29) is 12.5 Å². The van der Waals surface area contributed by atoms with E-state index in [0.29, 0.717) is 53.9 Å². The molecule has 0 bridgehead atoms. The van der Waals surface area contributed by atoms with Crippen molar-refractivity contribution in [2.75, 3.05) is 32.0 Å². The molecule has 3 aromatic rings. The monoisotopic (exact) mass is 372 g/mol. The van der Waals surface area contributed by atoms with Crippen molar-refractivity contribution in [3.8, 4) is 11.3 Å². The molecule has 8 nitrogen and oxygen atoms in total. The maximum atomic E-state index is 12.6. The number of carbonyl (C=O) groups is 1. The van der Waals surface area contributed by atoms with Gasteiger partial charge in [0.2, 0.25) is 5.91 Å². The molecule has 0 unspecified atom stereocenters. The second kappa shape index (κ2) is 6.89. The third kappa shape index (κ3) is 3.09. The molecule has 1 amide bonds. The van der Waals surface area contributed by atoms with Gasteiger partial charge in [0.25, 0.3) is 0 Å². The fraction of sp³-hybridized carbons (Fsp3) is 0.294. The zero-order chi connectivity index (χ0) is 18.1. The number of hydrogen-bond donors (Lipinski definition) is 1. The first-order valence-corrected chi connectivity index (χ1v) is 8.60. The Labute approximate surface area is 154 Å². The Bertz CT molecular complexity index is 950. The van der Waals surface area contributed by atoms with Gasteiger partial charge in [0, 0.05) is 23.7 Å². The van der Waals surface area contributed by atoms with Crippen LogP contribution >= 0.6 is 11.6 Å². The van der Waals surface area contributed by atoms with Gasteiger partial charge in [0.15, 0.2) is 5.65 Å². The van der Waals surface area contributed by atoms with Gasteiger partial charge < -0.3 is 15.4 Å². The van der Waals surface area contributed by atoms with Gasteiger partial charge in [0.1, 0.15) is 24.4 Å². The van der Waals surface area contributed by atoms with Crippen molar-refractivity contribution in [3.05, 3.63) is 35.6 Å². The van der Waals surface area contributed by atoms with Gasteiger partial charge in [0.05, 0.1) is 18.6 Å². The molecular weight excluding hydrogens is 356 g/mol. The Kier molecular flexibility index (Phi) is 4.44. The number of carbonyl (C=O) groups excluding carboxylic acids is 1. The molecular formula is C17H17ClN6O2. The van der Waals surface area contributed by atoms with Crippen molar-refractivity contribution in [3.63, 3.8) is 0 Å². The second-order valence-electron chi connectivity index (χ2n) is 5.96. The quantitative estimate of drug-likeness (QED) is 0.749. The first kappa shape index (κ1) is 16.7. The van der Waals surface area contributed by atoms with Crippen LogP contribution in [-0.2, 0) is 16.1 Å². The molecule has 1 aliphatic heterocycles. The van der Waals surface area contributed by atoms with Gasteiger partial charge in [-0.3, -0.25) is 4.79 Å². The van der Waals surface area contributed by atoms with Gasteiger partial charge in [-0.1, -0.05) is 23.7 Å². The predicted octanol–water partition coefficient (Wildman–Crippen LogP) is 1.59. The minimum absolute atomic E-state index is 0.0301. The van der Waals surface area contributed by atoms with E-state index in [4.69, 9.17) is 22.1 Å². The number of hydrogen-bond acceptors (Lipinski definition) is 6. The molecule has 0 aliphatic carbocycles. The number of benzene rings is 1. The molecule has 2 N–H and O–H groups in total. The maximum absolute atomic E-state index is 12.6. The van der Waals surface area contributed by atoms with Crippen LogP contribution in [0.5, 0.6) is 0 Å². The smallest absolute Gasteiger partial charge is 0.244 e. The SMILES string of the molecule is Nc1ncnc2c1c(-c1ccc(Cl)cc1)nn2CC(=O)N1CCOCC1. The minimum atomic E-state index is -0.0301. The zero-order valence-electron chi connectivity index (χ0n) is 13.9. The molecule has 4 rings (SSSR count). The minimum Gasteiger partial charge on any atom is -0.383 e. The molecule has 3 heterocycles. The van der Waals surface area contributed by atoms with E-state index in [2.05, 4.69) is 15.1 Å². The summed E-state index contributed by atoms with van der Waals surface area (Å²) in [6.45, 7) is 2.35. The highest BCUT2D eigenvalue weighted by molar-refractivity contribution is 6.30. The summed E-state index contributed by atoms with van der Waals surface area (Å²) < 4.78 is 6.87. The van der Waals surface area contributed by atoms with Crippen LogP contribution in [0.1, 0.15) is 0 Å². The normalized spacial score (nSPS) is 14.7. The molecule has 1 saturated heterocycles. The summed E-state index contributed by atoms with van der Waals surface area (Å²) in [5.41, 5.74) is 8.06. The van der Waals surface area contributed by atoms with E-state index in [1.807, 2.05) is 12.1 Å². The number of halogens is 1. The summed E-state index contributed by atoms with van der Waals surface area (Å²) in [5.74, 6) is 0.294. The Morgan fingerprint density at radius 1 is 1.19 bits per heavy atom. The van der Waals surface area contributed by atoms with E-state index in [1.54, 1.807) is 21.7 Å². The highest BCUT2D eigenvalue weighted by Crippen LogP contribution is 2.30. The van der Waals surface area contributed by atoms with E-state index in [9.17, 15) is 4.79 Å². The Balaban J connectivity index is 1.74. The van der Waals surface area contributed by atoms with Gasteiger partial charge in [-0.15, -0.1) is 0 Å². The summed E-state index contributed by atoms with van der Waals surface area (Å²) in [6.07, 6.45) is 1.38. The number of anilines is 1. The van der Waals surface area contributed by atoms with Crippen LogP contribution in [-0.4, -0.2) is 56.9 Å². The lowest BCUT2D eigenvalue weighted by molar-refractivity contribution is -0.136. The summed E-state index contributed by atoms with van der Waals surface area (Å²) in [7, 11) is 0. The van der Waals surface area contributed by atoms with E-state index >= 15 is 0 Å². The number of amides is 1. The number of rotatable bonds is 3. The third-order valence-corrected chi connectivity index (χ3v) is 4.58. The molecule has 0 atom stereocenters. The number of fused-ring (bicyclic) bond motifs is 1. The first-order valence-electron chi connectivity index (χ1n) is 8.22. The van der Waals surface area contributed by atoms with Crippen molar-refractivity contribution in [1.82, 2.24) is 24.6 Å². The van der Waals surface area contributed by atoms with Gasteiger partial charge in [-0.05, 0) is 12.1 Å². The van der Waals surface area contributed by atoms with E-state index in [1.165, 1.54) is 6.33 Å². The third-order valence-electron chi connectivity index (χ3n) is 4.33. The van der Waals surface area contributed by atoms with Crippen molar-refractivity contribution < 1.29 is 9.53 Å². The summed E-state index contributed by atoms with van der Waals surface area (Å²) in [6, 6.07) is 7.26. The lowest BCUT2D eigenvalue weighted by atomic mass is 10.1. The number of nitrogens with zero attached hydrogens (tertiary/aromatic N) is 5. The molecule has 1 fully saturated rings. The Morgan fingerprint density at radius 3 is 2.65 bits per heavy atom. The average Bonchev–Trinajstić information content (AvgIpc) is 3.03. The Morgan fingerprint density at radius 2 is 1.92 bits per heavy atom. The standard InChI is InChI=1S/C17H17ClN6O2/c18-12-3-1-11(2-4-12)15-14-16(19)20-10-21-17(14)24(22-15)9-13(25)23-5-7-26-8-6-23/h1-4,10H,5-9H2,(H2,19,20,21). The predicted molar refractivity (Wildman–Crippen MR) is 97.6 cm³/mol. The fourth-order valence-electron chi connectivity index (χ4n) is 2.99. The number of aromatic nitrogens is 4.